The van der Waals surface area contributed by atoms with E-state index in [0.29, 0.717) is 19.3 Å². The number of amides is 2. The van der Waals surface area contributed by atoms with Gasteiger partial charge in [0.05, 0.1) is 4.90 Å². The average molecular weight is 440 g/mol. The Morgan fingerprint density at radius 3 is 2.23 bits per heavy atom. The molecular formula is C21H33N3O5S. The molecule has 1 fully saturated rings. The molecule has 2 N–H and O–H groups in total. The Morgan fingerprint density at radius 2 is 1.70 bits per heavy atom. The van der Waals surface area contributed by atoms with Crippen LogP contribution in [0.4, 0.5) is 0 Å². The molecule has 168 valence electrons. The molecule has 30 heavy (non-hydrogen) atoms. The maximum Gasteiger partial charge on any atom is 0.291 e. The summed E-state index contributed by atoms with van der Waals surface area (Å²) in [5.74, 6) is -1.91. The monoisotopic (exact) mass is 439 g/mol. The summed E-state index contributed by atoms with van der Waals surface area (Å²) in [6, 6.07) is 5.27. The van der Waals surface area contributed by atoms with E-state index in [4.69, 9.17) is 0 Å². The number of likely N-dealkylation sites (tertiary alicyclic amines) is 1. The van der Waals surface area contributed by atoms with Crippen LogP contribution < -0.4 is 10.3 Å². The number of aryl methyl sites for hydroxylation is 1. The van der Waals surface area contributed by atoms with Crippen molar-refractivity contribution in [1.29, 1.82) is 0 Å². The Morgan fingerprint density at radius 1 is 1.13 bits per heavy atom. The highest BCUT2D eigenvalue weighted by atomic mass is 32.2. The minimum atomic E-state index is -3.94. The molecule has 1 aliphatic rings. The first-order chi connectivity index (χ1) is 14.0. The fourth-order valence-corrected chi connectivity index (χ4v) is 3.69. The van der Waals surface area contributed by atoms with Crippen LogP contribution in [-0.2, 0) is 24.4 Å². The van der Waals surface area contributed by atoms with Gasteiger partial charge < -0.3 is 4.90 Å². The second-order valence-corrected chi connectivity index (χ2v) is 9.31. The number of hydrogen-bond donors (Lipinski definition) is 2. The molecular weight excluding hydrogens is 406 g/mol. The number of nitrogens with one attached hydrogen (secondary N) is 2. The van der Waals surface area contributed by atoms with Gasteiger partial charge in [0.1, 0.15) is 6.04 Å². The van der Waals surface area contributed by atoms with Gasteiger partial charge in [-0.05, 0) is 38.3 Å². The SMILES string of the molecule is CC.CCC(C)(C)C(=O)C(=O)N1CCC[C@H]1C(=O)NNS(=O)(=O)c1ccc(C)cc1. The van der Waals surface area contributed by atoms with E-state index in [1.54, 1.807) is 26.0 Å². The maximum atomic E-state index is 12.6. The summed E-state index contributed by atoms with van der Waals surface area (Å²) in [7, 11) is -3.94. The Labute approximate surface area is 179 Å². The minimum Gasteiger partial charge on any atom is -0.324 e. The van der Waals surface area contributed by atoms with Crippen LogP contribution in [0.1, 0.15) is 59.4 Å². The zero-order valence-corrected chi connectivity index (χ0v) is 19.4. The maximum absolute atomic E-state index is 12.6. The Hall–Kier alpha value is -2.26. The van der Waals surface area contributed by atoms with Crippen molar-refractivity contribution in [2.45, 2.75) is 71.7 Å². The van der Waals surface area contributed by atoms with E-state index < -0.39 is 39.1 Å². The Balaban J connectivity index is 0.00000218. The molecule has 1 aliphatic heterocycles. The van der Waals surface area contributed by atoms with Crippen LogP contribution in [0, 0.1) is 12.3 Å². The predicted octanol–water partition coefficient (Wildman–Crippen LogP) is 2.33. The van der Waals surface area contributed by atoms with Crippen molar-refractivity contribution in [3.8, 4) is 0 Å². The van der Waals surface area contributed by atoms with Crippen LogP contribution in [0.25, 0.3) is 0 Å². The molecule has 0 saturated carbocycles. The van der Waals surface area contributed by atoms with E-state index in [1.807, 2.05) is 27.7 Å². The first-order valence-electron chi connectivity index (χ1n) is 10.2. The number of carbonyl (C=O) groups is 3. The van der Waals surface area contributed by atoms with E-state index >= 15 is 0 Å². The van der Waals surface area contributed by atoms with Crippen LogP contribution in [0.15, 0.2) is 29.2 Å². The molecule has 0 aromatic heterocycles. The van der Waals surface area contributed by atoms with E-state index in [1.165, 1.54) is 17.0 Å². The van der Waals surface area contributed by atoms with Gasteiger partial charge in [-0.25, -0.2) is 8.42 Å². The van der Waals surface area contributed by atoms with Gasteiger partial charge in [0.25, 0.3) is 21.8 Å². The molecule has 9 heteroatoms. The van der Waals surface area contributed by atoms with Gasteiger partial charge in [0, 0.05) is 12.0 Å². The highest BCUT2D eigenvalue weighted by Crippen LogP contribution is 2.25. The molecule has 0 spiro atoms. The second kappa shape index (κ2) is 10.7. The van der Waals surface area contributed by atoms with Gasteiger partial charge in [0.15, 0.2) is 0 Å². The summed E-state index contributed by atoms with van der Waals surface area (Å²) >= 11 is 0. The Kier molecular flexibility index (Phi) is 9.17. The van der Waals surface area contributed by atoms with E-state index in [9.17, 15) is 22.8 Å². The van der Waals surface area contributed by atoms with E-state index in [0.717, 1.165) is 5.56 Å². The molecule has 1 aromatic rings. The zero-order chi connectivity index (χ0) is 23.1. The van der Waals surface area contributed by atoms with E-state index in [2.05, 4.69) is 10.3 Å². The normalized spacial score (nSPS) is 16.5. The van der Waals surface area contributed by atoms with Gasteiger partial charge in [-0.15, -0.1) is 4.83 Å². The third-order valence-corrected chi connectivity index (χ3v) is 6.41. The van der Waals surface area contributed by atoms with Crippen LogP contribution in [0.2, 0.25) is 0 Å². The number of sulfonamides is 1. The highest BCUT2D eigenvalue weighted by Gasteiger charge is 2.41. The fraction of sp³-hybridized carbons (Fsp3) is 0.571. The van der Waals surface area contributed by atoms with Crippen LogP contribution >= 0.6 is 0 Å². The molecule has 8 nitrogen and oxygen atoms in total. The predicted molar refractivity (Wildman–Crippen MR) is 115 cm³/mol. The molecule has 0 aliphatic carbocycles. The third-order valence-electron chi connectivity index (χ3n) is 5.15. The van der Waals surface area contributed by atoms with E-state index in [-0.39, 0.29) is 11.4 Å². The summed E-state index contributed by atoms with van der Waals surface area (Å²) in [5, 5.41) is 0. The number of Topliss-reactive ketones (excluding diaryl/α,β-unsaturated/α-hetero) is 1. The molecule has 1 heterocycles. The molecule has 2 rings (SSSR count). The van der Waals surface area contributed by atoms with Crippen molar-refractivity contribution in [3.05, 3.63) is 29.8 Å². The van der Waals surface area contributed by atoms with Crippen molar-refractivity contribution in [1.82, 2.24) is 15.2 Å². The lowest BCUT2D eigenvalue weighted by molar-refractivity contribution is -0.151. The zero-order valence-electron chi connectivity index (χ0n) is 18.6. The van der Waals surface area contributed by atoms with Crippen molar-refractivity contribution in [3.63, 3.8) is 0 Å². The first-order valence-corrected chi connectivity index (χ1v) is 11.7. The number of hydrazine groups is 1. The average Bonchev–Trinajstić information content (AvgIpc) is 3.22. The number of benzene rings is 1. The van der Waals surface area contributed by atoms with Gasteiger partial charge in [0.2, 0.25) is 5.78 Å². The van der Waals surface area contributed by atoms with Crippen molar-refractivity contribution < 1.29 is 22.8 Å². The lowest BCUT2D eigenvalue weighted by atomic mass is 9.84. The molecule has 1 aromatic carbocycles. The standard InChI is InChI=1S/C19H27N3O5S.C2H6/c1-5-19(3,4)16(23)18(25)22-12-6-7-15(22)17(24)20-21-28(26,27)14-10-8-13(2)9-11-14;1-2/h8-11,15,21H,5-7,12H2,1-4H3,(H,20,24);1-2H3/t15-;/m0./s1. The molecule has 2 amide bonds. The van der Waals surface area contributed by atoms with Crippen molar-refractivity contribution in [2.75, 3.05) is 6.54 Å². The molecule has 0 radical (unpaired) electrons. The second-order valence-electron chi connectivity index (χ2n) is 7.63. The largest absolute Gasteiger partial charge is 0.324 e. The van der Waals surface area contributed by atoms with Gasteiger partial charge in [-0.3, -0.25) is 19.8 Å². The van der Waals surface area contributed by atoms with Crippen molar-refractivity contribution >= 4 is 27.6 Å². The molecule has 0 unspecified atom stereocenters. The third kappa shape index (κ3) is 6.12. The lowest BCUT2D eigenvalue weighted by Gasteiger charge is -2.27. The summed E-state index contributed by atoms with van der Waals surface area (Å²) in [6.07, 6.45) is 1.43. The molecule has 0 bridgehead atoms. The number of ketones is 1. The quantitative estimate of drug-likeness (QED) is 0.500. The number of carbonyl (C=O) groups excluding carboxylic acids is 3. The summed E-state index contributed by atoms with van der Waals surface area (Å²) < 4.78 is 24.6. The lowest BCUT2D eigenvalue weighted by Crippen LogP contribution is -2.53. The number of rotatable bonds is 7. The van der Waals surface area contributed by atoms with Gasteiger partial charge in [-0.2, -0.15) is 0 Å². The highest BCUT2D eigenvalue weighted by molar-refractivity contribution is 7.89. The van der Waals surface area contributed by atoms with Crippen LogP contribution in [0.3, 0.4) is 0 Å². The van der Waals surface area contributed by atoms with Gasteiger partial charge in [-0.1, -0.05) is 52.3 Å². The summed E-state index contributed by atoms with van der Waals surface area (Å²) in [4.78, 5) is 40.8. The van der Waals surface area contributed by atoms with Gasteiger partial charge >= 0.3 is 0 Å². The Bertz CT molecular complexity index is 863. The summed E-state index contributed by atoms with van der Waals surface area (Å²) in [5.41, 5.74) is 2.27. The molecule has 1 saturated heterocycles. The summed E-state index contributed by atoms with van der Waals surface area (Å²) in [6.45, 7) is 11.3. The smallest absolute Gasteiger partial charge is 0.291 e. The molecule has 1 atom stereocenters. The van der Waals surface area contributed by atoms with Crippen molar-refractivity contribution in [2.24, 2.45) is 5.41 Å². The van der Waals surface area contributed by atoms with Crippen LogP contribution in [0.5, 0.6) is 0 Å². The van der Waals surface area contributed by atoms with Crippen LogP contribution in [-0.4, -0.2) is 43.5 Å². The fourth-order valence-electron chi connectivity index (χ4n) is 2.84. The topological polar surface area (TPSA) is 113 Å². The first kappa shape index (κ1) is 25.8. The number of nitrogens with zero attached hydrogens (tertiary/aromatic N) is 1. The minimum absolute atomic E-state index is 0.0117. The number of hydrogen-bond acceptors (Lipinski definition) is 5.